The van der Waals surface area contributed by atoms with Crippen molar-refractivity contribution >= 4 is 5.78 Å². The molecule has 0 N–H and O–H groups in total. The maximum Gasteiger partial charge on any atom is 0.248 e. The van der Waals surface area contributed by atoms with Crippen LogP contribution in [0.5, 0.6) is 0 Å². The lowest BCUT2D eigenvalue weighted by Crippen LogP contribution is -2.68. The zero-order valence-electron chi connectivity index (χ0n) is 9.42. The molecule has 8 nitrogen and oxygen atoms in total. The summed E-state index contributed by atoms with van der Waals surface area (Å²) >= 11 is 0. The first kappa shape index (κ1) is 11.9. The molecule has 2 aliphatic rings. The molecule has 0 radical (unpaired) electrons. The van der Waals surface area contributed by atoms with Crippen LogP contribution >= 0.6 is 0 Å². The maximum absolute atomic E-state index is 11.6. The molecule has 8 heteroatoms. The van der Waals surface area contributed by atoms with Crippen molar-refractivity contribution in [2.24, 2.45) is 0 Å². The average Bonchev–Trinajstić information content (AvgIpc) is 2.14. The molecule has 2 fully saturated rings. The van der Waals surface area contributed by atoms with Gasteiger partial charge in [0.25, 0.3) is 0 Å². The standard InChI is InChI=1S/C9H13N3O5/c1-10-5-8(11(14)15)2-7(13)3-9(4-8,6-10)12(16)17/h2-6H2,1H3. The Hall–Kier alpha value is -1.57. The number of fused-ring (bicyclic) bond motifs is 2. The molecule has 1 heterocycles. The van der Waals surface area contributed by atoms with Gasteiger partial charge in [-0.15, -0.1) is 0 Å². The number of likely N-dealkylation sites (N-methyl/N-ethyl adjacent to an activating group) is 1. The Balaban J connectivity index is 2.46. The Morgan fingerprint density at radius 1 is 1.12 bits per heavy atom. The van der Waals surface area contributed by atoms with Crippen molar-refractivity contribution in [3.63, 3.8) is 0 Å². The zero-order chi connectivity index (χ0) is 12.8. The largest absolute Gasteiger partial charge is 0.299 e. The van der Waals surface area contributed by atoms with Gasteiger partial charge in [-0.05, 0) is 7.05 Å². The van der Waals surface area contributed by atoms with E-state index in [2.05, 4.69) is 0 Å². The number of hydrogen-bond acceptors (Lipinski definition) is 6. The van der Waals surface area contributed by atoms with Gasteiger partial charge in [0, 0.05) is 9.85 Å². The van der Waals surface area contributed by atoms with Crippen LogP contribution < -0.4 is 0 Å². The summed E-state index contributed by atoms with van der Waals surface area (Å²) in [5.74, 6) is -0.377. The summed E-state index contributed by atoms with van der Waals surface area (Å²) in [7, 11) is 1.62. The molecular weight excluding hydrogens is 230 g/mol. The van der Waals surface area contributed by atoms with Crippen LogP contribution in [0.1, 0.15) is 19.3 Å². The van der Waals surface area contributed by atoms with E-state index in [1.165, 1.54) is 0 Å². The van der Waals surface area contributed by atoms with Crippen molar-refractivity contribution in [1.82, 2.24) is 4.90 Å². The number of carbonyl (C=O) groups is 1. The second-order valence-corrected chi connectivity index (χ2v) is 5.20. The first-order valence-electron chi connectivity index (χ1n) is 5.29. The quantitative estimate of drug-likeness (QED) is 0.487. The van der Waals surface area contributed by atoms with Gasteiger partial charge in [0.2, 0.25) is 11.1 Å². The Kier molecular flexibility index (Phi) is 2.42. The van der Waals surface area contributed by atoms with Crippen molar-refractivity contribution in [2.75, 3.05) is 20.1 Å². The van der Waals surface area contributed by atoms with Crippen LogP contribution in [-0.4, -0.2) is 51.7 Å². The van der Waals surface area contributed by atoms with Crippen LogP contribution in [0.3, 0.4) is 0 Å². The van der Waals surface area contributed by atoms with Gasteiger partial charge in [-0.3, -0.25) is 29.9 Å². The van der Waals surface area contributed by atoms with Gasteiger partial charge in [0.15, 0.2) is 0 Å². The van der Waals surface area contributed by atoms with Crippen molar-refractivity contribution in [1.29, 1.82) is 0 Å². The lowest BCUT2D eigenvalue weighted by Gasteiger charge is -2.44. The summed E-state index contributed by atoms with van der Waals surface area (Å²) in [5, 5.41) is 22.3. The third kappa shape index (κ3) is 1.68. The van der Waals surface area contributed by atoms with E-state index < -0.39 is 20.9 Å². The first-order chi connectivity index (χ1) is 7.80. The van der Waals surface area contributed by atoms with E-state index in [0.717, 1.165) is 0 Å². The van der Waals surface area contributed by atoms with Crippen LogP contribution in [0, 0.1) is 20.2 Å². The number of rotatable bonds is 2. The minimum absolute atomic E-state index is 0.0985. The third-order valence-corrected chi connectivity index (χ3v) is 3.61. The molecule has 0 amide bonds. The molecule has 0 spiro atoms. The van der Waals surface area contributed by atoms with Crippen molar-refractivity contribution in [2.45, 2.75) is 30.3 Å². The predicted octanol–water partition coefficient (Wildman–Crippen LogP) is -0.284. The van der Waals surface area contributed by atoms with Crippen LogP contribution in [0.25, 0.3) is 0 Å². The van der Waals surface area contributed by atoms with Gasteiger partial charge in [-0.2, -0.15) is 0 Å². The van der Waals surface area contributed by atoms with E-state index >= 15 is 0 Å². The molecule has 2 atom stereocenters. The highest BCUT2D eigenvalue weighted by Gasteiger charge is 2.66. The van der Waals surface area contributed by atoms with Crippen molar-refractivity contribution in [3.05, 3.63) is 20.2 Å². The Labute approximate surface area is 96.9 Å². The molecule has 17 heavy (non-hydrogen) atoms. The molecule has 94 valence electrons. The van der Waals surface area contributed by atoms with Crippen molar-refractivity contribution < 1.29 is 14.6 Å². The van der Waals surface area contributed by atoms with Crippen molar-refractivity contribution in [3.8, 4) is 0 Å². The van der Waals surface area contributed by atoms with E-state index in [1.807, 2.05) is 0 Å². The molecule has 1 aliphatic heterocycles. The third-order valence-electron chi connectivity index (χ3n) is 3.61. The summed E-state index contributed by atoms with van der Waals surface area (Å²) in [6.45, 7) is 0.197. The molecule has 1 saturated heterocycles. The van der Waals surface area contributed by atoms with Gasteiger partial charge in [0.1, 0.15) is 5.78 Å². The number of ketones is 1. The topological polar surface area (TPSA) is 107 Å². The molecule has 0 aromatic heterocycles. The SMILES string of the molecule is CN1CC2([N+](=O)[O-])CC(=O)CC([N+](=O)[O-])(C1)C2. The number of piperidine rings is 1. The Morgan fingerprint density at radius 3 is 1.88 bits per heavy atom. The fraction of sp³-hybridized carbons (Fsp3) is 0.889. The van der Waals surface area contributed by atoms with Gasteiger partial charge in [-0.1, -0.05) is 0 Å². The second-order valence-electron chi connectivity index (χ2n) is 5.20. The number of nitro groups is 2. The molecule has 0 aromatic rings. The second kappa shape index (κ2) is 3.46. The fourth-order valence-corrected chi connectivity index (χ4v) is 3.19. The number of hydrogen-bond donors (Lipinski definition) is 0. The van der Waals surface area contributed by atoms with Gasteiger partial charge < -0.3 is 0 Å². The first-order valence-corrected chi connectivity index (χ1v) is 5.29. The number of carbonyl (C=O) groups excluding carboxylic acids is 1. The summed E-state index contributed by atoms with van der Waals surface area (Å²) in [5.41, 5.74) is -2.95. The smallest absolute Gasteiger partial charge is 0.248 e. The summed E-state index contributed by atoms with van der Waals surface area (Å²) in [4.78, 5) is 34.4. The highest BCUT2D eigenvalue weighted by molar-refractivity contribution is 5.82. The fourth-order valence-electron chi connectivity index (χ4n) is 3.19. The van der Waals surface area contributed by atoms with Gasteiger partial charge >= 0.3 is 0 Å². The molecular formula is C9H13N3O5. The lowest BCUT2D eigenvalue weighted by atomic mass is 9.68. The number of likely N-dealkylation sites (tertiary alicyclic amines) is 1. The van der Waals surface area contributed by atoms with E-state index in [1.54, 1.807) is 11.9 Å². The predicted molar refractivity (Wildman–Crippen MR) is 55.8 cm³/mol. The molecule has 0 aromatic carbocycles. The van der Waals surface area contributed by atoms with E-state index in [-0.39, 0.29) is 38.1 Å². The normalized spacial score (nSPS) is 37.8. The molecule has 2 bridgehead atoms. The minimum Gasteiger partial charge on any atom is -0.299 e. The average molecular weight is 243 g/mol. The molecule has 1 saturated carbocycles. The molecule has 2 rings (SSSR count). The molecule has 2 unspecified atom stereocenters. The Morgan fingerprint density at radius 2 is 1.53 bits per heavy atom. The van der Waals surface area contributed by atoms with Crippen LogP contribution in [0.15, 0.2) is 0 Å². The summed E-state index contributed by atoms with van der Waals surface area (Å²) < 4.78 is 0. The summed E-state index contributed by atoms with van der Waals surface area (Å²) in [6, 6.07) is 0. The van der Waals surface area contributed by atoms with E-state index in [4.69, 9.17) is 0 Å². The van der Waals surface area contributed by atoms with Crippen LogP contribution in [0.2, 0.25) is 0 Å². The van der Waals surface area contributed by atoms with Crippen LogP contribution in [-0.2, 0) is 4.79 Å². The van der Waals surface area contributed by atoms with Gasteiger partial charge in [-0.25, -0.2) is 0 Å². The van der Waals surface area contributed by atoms with E-state index in [9.17, 15) is 25.0 Å². The van der Waals surface area contributed by atoms with Crippen LogP contribution in [0.4, 0.5) is 0 Å². The zero-order valence-corrected chi connectivity index (χ0v) is 9.42. The monoisotopic (exact) mass is 243 g/mol. The Bertz CT molecular complexity index is 377. The highest BCUT2D eigenvalue weighted by Crippen LogP contribution is 2.42. The minimum atomic E-state index is -1.48. The summed E-state index contributed by atoms with van der Waals surface area (Å²) in [6.07, 6.45) is -0.532. The molecule has 1 aliphatic carbocycles. The number of Topliss-reactive ketones (excluding diaryl/α,β-unsaturated/α-hetero) is 1. The maximum atomic E-state index is 11.6. The van der Waals surface area contributed by atoms with Gasteiger partial charge in [0.05, 0.1) is 32.4 Å². The highest BCUT2D eigenvalue weighted by atomic mass is 16.6. The lowest BCUT2D eigenvalue weighted by molar-refractivity contribution is -0.627. The number of nitrogens with zero attached hydrogens (tertiary/aromatic N) is 3. The van der Waals surface area contributed by atoms with E-state index in [0.29, 0.717) is 0 Å².